The first-order valence-corrected chi connectivity index (χ1v) is 12.2. The number of carbonyl (C=O) groups excluding carboxylic acids is 1. The van der Waals surface area contributed by atoms with E-state index < -0.39 is 15.5 Å². The van der Waals surface area contributed by atoms with Gasteiger partial charge in [0.25, 0.3) is 5.91 Å². The van der Waals surface area contributed by atoms with Crippen molar-refractivity contribution in [2.45, 2.75) is 37.4 Å². The molecule has 0 saturated carbocycles. The van der Waals surface area contributed by atoms with Gasteiger partial charge in [-0.05, 0) is 57.0 Å². The molecule has 1 aromatic carbocycles. The number of thiophene rings is 1. The molecule has 3 aliphatic rings. The molecule has 2 bridgehead atoms. The number of hydrogen-bond acceptors (Lipinski definition) is 5. The number of para-hydroxylation sites is 1. The van der Waals surface area contributed by atoms with Crippen LogP contribution in [0.25, 0.3) is 10.4 Å². The number of nitrogens with zero attached hydrogens (tertiary/aromatic N) is 1. The lowest BCUT2D eigenvalue weighted by molar-refractivity contribution is -0.0429. The van der Waals surface area contributed by atoms with Gasteiger partial charge < -0.3 is 5.32 Å². The second-order valence-electron chi connectivity index (χ2n) is 7.87. The van der Waals surface area contributed by atoms with Gasteiger partial charge in [0.2, 0.25) is 0 Å². The number of alkyl halides is 3. The zero-order valence-electron chi connectivity index (χ0n) is 16.6. The maximum absolute atomic E-state index is 12.8. The van der Waals surface area contributed by atoms with Crippen LogP contribution in [0.5, 0.6) is 0 Å². The number of piperidine rings is 3. The van der Waals surface area contributed by atoms with Gasteiger partial charge in [-0.2, -0.15) is 21.6 Å². The van der Waals surface area contributed by atoms with Gasteiger partial charge in [0.1, 0.15) is 0 Å². The highest BCUT2D eigenvalue weighted by Crippen LogP contribution is 2.37. The minimum Gasteiger partial charge on any atom is -0.347 e. The predicted octanol–water partition coefficient (Wildman–Crippen LogP) is 3.89. The van der Waals surface area contributed by atoms with Crippen LogP contribution in [0.15, 0.2) is 36.4 Å². The fraction of sp³-hybridized carbons (Fsp3) is 0.450. The van der Waals surface area contributed by atoms with E-state index in [1.165, 1.54) is 18.2 Å². The van der Waals surface area contributed by atoms with Gasteiger partial charge in [0.05, 0.1) is 10.6 Å². The van der Waals surface area contributed by atoms with E-state index in [-0.39, 0.29) is 29.2 Å². The van der Waals surface area contributed by atoms with E-state index >= 15 is 0 Å². The highest BCUT2D eigenvalue weighted by Gasteiger charge is 2.46. The number of carbonyl (C=O) groups is 1. The highest BCUT2D eigenvalue weighted by atomic mass is 32.2. The van der Waals surface area contributed by atoms with Gasteiger partial charge in [0, 0.05) is 22.5 Å². The van der Waals surface area contributed by atoms with Crippen LogP contribution in [-0.2, 0) is 10.0 Å². The van der Waals surface area contributed by atoms with E-state index in [1.54, 1.807) is 22.9 Å². The first-order chi connectivity index (χ1) is 14.6. The standard InChI is InChI=1S/C20H22F3N3O3S2/c1-12-18(13-8-10-26(12)11-9-13)24-19(27)17-7-6-16(30-17)14-4-2-3-5-15(14)25-31(28,29)20(21,22)23/h2-7,12-13,18,25H,8-11H2,1H3,(H,24,27)/t12-,18-/m0/s1. The summed E-state index contributed by atoms with van der Waals surface area (Å²) in [5.74, 6) is 0.219. The largest absolute Gasteiger partial charge is 0.516 e. The first-order valence-electron chi connectivity index (χ1n) is 9.90. The number of fused-ring (bicyclic) bond motifs is 3. The molecule has 4 heterocycles. The van der Waals surface area contributed by atoms with Gasteiger partial charge in [-0.25, -0.2) is 0 Å². The highest BCUT2D eigenvalue weighted by molar-refractivity contribution is 7.93. The van der Waals surface area contributed by atoms with Crippen LogP contribution >= 0.6 is 11.3 Å². The van der Waals surface area contributed by atoms with E-state index in [4.69, 9.17) is 0 Å². The molecular formula is C20H22F3N3O3S2. The molecule has 168 valence electrons. The number of rotatable bonds is 5. The van der Waals surface area contributed by atoms with E-state index in [0.29, 0.717) is 15.7 Å². The third-order valence-corrected chi connectivity index (χ3v) is 8.26. The summed E-state index contributed by atoms with van der Waals surface area (Å²) in [5, 5.41) is 3.12. The number of amides is 1. The monoisotopic (exact) mass is 473 g/mol. The summed E-state index contributed by atoms with van der Waals surface area (Å²) in [6.45, 7) is 4.21. The van der Waals surface area contributed by atoms with Crippen molar-refractivity contribution in [3.63, 3.8) is 0 Å². The summed E-state index contributed by atoms with van der Waals surface area (Å²) in [5.41, 5.74) is -5.34. The third-order valence-electron chi connectivity index (χ3n) is 6.05. The Morgan fingerprint density at radius 2 is 1.81 bits per heavy atom. The molecule has 0 unspecified atom stereocenters. The van der Waals surface area contributed by atoms with Crippen molar-refractivity contribution in [1.29, 1.82) is 0 Å². The Bertz CT molecular complexity index is 1070. The Kier molecular flexibility index (Phi) is 5.78. The second kappa shape index (κ2) is 8.10. The third kappa shape index (κ3) is 4.31. The molecule has 3 fully saturated rings. The maximum Gasteiger partial charge on any atom is 0.516 e. The lowest BCUT2D eigenvalue weighted by Crippen LogP contribution is -2.62. The first kappa shape index (κ1) is 22.1. The van der Waals surface area contributed by atoms with Crippen LogP contribution in [-0.4, -0.2) is 49.9 Å². The van der Waals surface area contributed by atoms with Crippen LogP contribution in [0.4, 0.5) is 18.9 Å². The molecule has 6 nitrogen and oxygen atoms in total. The SMILES string of the molecule is C[C@H]1[C@H](NC(=O)c2ccc(-c3ccccc3NS(=O)(=O)C(F)(F)F)s2)C2CCN1CC2. The van der Waals surface area contributed by atoms with Crippen molar-refractivity contribution in [3.8, 4) is 10.4 Å². The van der Waals surface area contributed by atoms with Gasteiger partial charge in [-0.3, -0.25) is 14.4 Å². The van der Waals surface area contributed by atoms with Crippen molar-refractivity contribution in [2.75, 3.05) is 17.8 Å². The Morgan fingerprint density at radius 1 is 1.13 bits per heavy atom. The normalized spacial score (nSPS) is 25.9. The van der Waals surface area contributed by atoms with Crippen molar-refractivity contribution < 1.29 is 26.4 Å². The molecule has 1 aromatic heterocycles. The van der Waals surface area contributed by atoms with Crippen LogP contribution in [0.1, 0.15) is 29.4 Å². The average Bonchev–Trinajstić information content (AvgIpc) is 3.20. The van der Waals surface area contributed by atoms with Gasteiger partial charge in [-0.1, -0.05) is 18.2 Å². The molecule has 0 spiro atoms. The zero-order valence-corrected chi connectivity index (χ0v) is 18.3. The maximum atomic E-state index is 12.8. The molecule has 3 saturated heterocycles. The lowest BCUT2D eigenvalue weighted by atomic mass is 9.79. The smallest absolute Gasteiger partial charge is 0.347 e. The van der Waals surface area contributed by atoms with Crippen molar-refractivity contribution in [1.82, 2.24) is 10.2 Å². The molecule has 1 amide bonds. The summed E-state index contributed by atoms with van der Waals surface area (Å²) in [4.78, 5) is 16.1. The zero-order chi connectivity index (χ0) is 22.4. The van der Waals surface area contributed by atoms with Gasteiger partial charge >= 0.3 is 15.5 Å². The van der Waals surface area contributed by atoms with Gasteiger partial charge in [0.15, 0.2) is 0 Å². The molecule has 3 aliphatic heterocycles. The van der Waals surface area contributed by atoms with Crippen LogP contribution in [0.3, 0.4) is 0 Å². The summed E-state index contributed by atoms with van der Waals surface area (Å²) >= 11 is 1.11. The number of hydrogen-bond donors (Lipinski definition) is 2. The molecule has 2 atom stereocenters. The number of nitrogens with one attached hydrogen (secondary N) is 2. The summed E-state index contributed by atoms with van der Waals surface area (Å²) in [7, 11) is -5.55. The Morgan fingerprint density at radius 3 is 2.45 bits per heavy atom. The summed E-state index contributed by atoms with van der Waals surface area (Å²) in [6, 6.07) is 9.34. The van der Waals surface area contributed by atoms with E-state index in [9.17, 15) is 26.4 Å². The van der Waals surface area contributed by atoms with Crippen LogP contribution in [0, 0.1) is 5.92 Å². The number of sulfonamides is 1. The van der Waals surface area contributed by atoms with Crippen molar-refractivity contribution in [2.24, 2.45) is 5.92 Å². The fourth-order valence-corrected chi connectivity index (χ4v) is 5.89. The topological polar surface area (TPSA) is 78.5 Å². The predicted molar refractivity (Wildman–Crippen MR) is 113 cm³/mol. The number of anilines is 1. The molecule has 2 aromatic rings. The van der Waals surface area contributed by atoms with Crippen molar-refractivity contribution in [3.05, 3.63) is 41.3 Å². The molecule has 31 heavy (non-hydrogen) atoms. The molecule has 0 radical (unpaired) electrons. The minimum atomic E-state index is -5.55. The summed E-state index contributed by atoms with van der Waals surface area (Å²) in [6.07, 6.45) is 2.11. The van der Waals surface area contributed by atoms with E-state index in [0.717, 1.165) is 37.3 Å². The molecule has 11 heteroatoms. The Balaban J connectivity index is 1.54. The fourth-order valence-electron chi connectivity index (χ4n) is 4.36. The van der Waals surface area contributed by atoms with Crippen molar-refractivity contribution >= 4 is 33.0 Å². The molecule has 5 rings (SSSR count). The molecule has 0 aliphatic carbocycles. The van der Waals surface area contributed by atoms with Crippen LogP contribution in [0.2, 0.25) is 0 Å². The van der Waals surface area contributed by atoms with Crippen LogP contribution < -0.4 is 10.0 Å². The molecule has 2 N–H and O–H groups in total. The quantitative estimate of drug-likeness (QED) is 0.691. The minimum absolute atomic E-state index is 0.0615. The lowest BCUT2D eigenvalue weighted by Gasteiger charge is -2.49. The second-order valence-corrected chi connectivity index (χ2v) is 10.6. The number of halogens is 3. The molecular weight excluding hydrogens is 451 g/mol. The Hall–Kier alpha value is -2.11. The Labute approximate surface area is 182 Å². The average molecular weight is 474 g/mol. The van der Waals surface area contributed by atoms with E-state index in [1.807, 2.05) is 0 Å². The summed E-state index contributed by atoms with van der Waals surface area (Å²) < 4.78 is 63.0. The van der Waals surface area contributed by atoms with E-state index in [2.05, 4.69) is 17.1 Å². The van der Waals surface area contributed by atoms with Gasteiger partial charge in [-0.15, -0.1) is 11.3 Å². The number of benzene rings is 1.